The van der Waals surface area contributed by atoms with Crippen LogP contribution in [-0.2, 0) is 6.54 Å². The Bertz CT molecular complexity index is 699. The first kappa shape index (κ1) is 16.0. The summed E-state index contributed by atoms with van der Waals surface area (Å²) < 4.78 is 2.13. The lowest BCUT2D eigenvalue weighted by atomic mass is 10.1. The highest BCUT2D eigenvalue weighted by molar-refractivity contribution is 7.13. The van der Waals surface area contributed by atoms with Gasteiger partial charge in [-0.25, -0.2) is 0 Å². The van der Waals surface area contributed by atoms with E-state index in [1.165, 1.54) is 48.1 Å². The number of nitrogens with zero attached hydrogens (tertiary/aromatic N) is 2. The average Bonchev–Trinajstić information content (AvgIpc) is 3.25. The first-order valence-corrected chi connectivity index (χ1v) is 9.43. The number of unbranched alkanes of at least 4 members (excludes halogenated alkanes) is 4. The Morgan fingerprint density at radius 2 is 1.78 bits per heavy atom. The molecule has 3 heteroatoms. The summed E-state index contributed by atoms with van der Waals surface area (Å²) in [4.78, 5) is 1.24. The number of thiophene rings is 1. The van der Waals surface area contributed by atoms with E-state index in [-0.39, 0.29) is 0 Å². The third-order valence-electron chi connectivity index (χ3n) is 4.09. The van der Waals surface area contributed by atoms with Crippen molar-refractivity contribution < 1.29 is 0 Å². The SMILES string of the molecule is CCCCCCCn1cc(-c2ccccc2)c(-c2cccs2)n1. The van der Waals surface area contributed by atoms with Crippen LogP contribution in [0.4, 0.5) is 0 Å². The topological polar surface area (TPSA) is 17.8 Å². The van der Waals surface area contributed by atoms with Crippen molar-refractivity contribution in [3.05, 3.63) is 54.0 Å². The molecule has 0 aliphatic carbocycles. The van der Waals surface area contributed by atoms with Crippen molar-refractivity contribution in [2.75, 3.05) is 0 Å². The molecule has 2 heterocycles. The molecule has 0 amide bonds. The molecule has 2 nitrogen and oxygen atoms in total. The molecule has 0 fully saturated rings. The number of aryl methyl sites for hydroxylation is 1. The first-order valence-electron chi connectivity index (χ1n) is 8.55. The third-order valence-corrected chi connectivity index (χ3v) is 4.97. The van der Waals surface area contributed by atoms with E-state index in [0.717, 1.165) is 12.2 Å². The molecule has 0 saturated carbocycles. The largest absolute Gasteiger partial charge is 0.271 e. The van der Waals surface area contributed by atoms with Crippen molar-refractivity contribution in [3.8, 4) is 21.7 Å². The van der Waals surface area contributed by atoms with E-state index in [9.17, 15) is 0 Å². The van der Waals surface area contributed by atoms with Gasteiger partial charge in [-0.3, -0.25) is 4.68 Å². The molecule has 3 aromatic rings. The van der Waals surface area contributed by atoms with Gasteiger partial charge in [-0.2, -0.15) is 5.10 Å². The van der Waals surface area contributed by atoms with Crippen LogP contribution in [0.1, 0.15) is 39.0 Å². The molecule has 23 heavy (non-hydrogen) atoms. The molecule has 120 valence electrons. The molecule has 0 aliphatic heterocycles. The van der Waals surface area contributed by atoms with Crippen LogP contribution in [-0.4, -0.2) is 9.78 Å². The van der Waals surface area contributed by atoms with Crippen molar-refractivity contribution in [1.82, 2.24) is 9.78 Å². The summed E-state index contributed by atoms with van der Waals surface area (Å²) in [5, 5.41) is 6.99. The minimum atomic E-state index is 1.01. The first-order chi connectivity index (χ1) is 11.4. The van der Waals surface area contributed by atoms with Crippen LogP contribution in [0.2, 0.25) is 0 Å². The van der Waals surface area contributed by atoms with Crippen LogP contribution >= 0.6 is 11.3 Å². The summed E-state index contributed by atoms with van der Waals surface area (Å²) in [6.07, 6.45) is 8.69. The van der Waals surface area contributed by atoms with Gasteiger partial charge in [0, 0.05) is 18.3 Å². The van der Waals surface area contributed by atoms with Gasteiger partial charge in [0.05, 0.1) is 4.88 Å². The van der Waals surface area contributed by atoms with E-state index in [1.807, 2.05) is 0 Å². The molecule has 0 aliphatic rings. The van der Waals surface area contributed by atoms with E-state index in [4.69, 9.17) is 5.10 Å². The normalized spacial score (nSPS) is 11.0. The Morgan fingerprint density at radius 3 is 2.52 bits per heavy atom. The van der Waals surface area contributed by atoms with Crippen LogP contribution in [0, 0.1) is 0 Å². The zero-order valence-corrected chi connectivity index (χ0v) is 14.6. The van der Waals surface area contributed by atoms with Gasteiger partial charge in [-0.05, 0) is 23.4 Å². The van der Waals surface area contributed by atoms with Crippen LogP contribution in [0.25, 0.3) is 21.7 Å². The minimum Gasteiger partial charge on any atom is -0.271 e. The van der Waals surface area contributed by atoms with E-state index in [2.05, 4.69) is 65.6 Å². The highest BCUT2D eigenvalue weighted by Gasteiger charge is 2.13. The minimum absolute atomic E-state index is 1.01. The van der Waals surface area contributed by atoms with Crippen molar-refractivity contribution in [2.45, 2.75) is 45.6 Å². The lowest BCUT2D eigenvalue weighted by Gasteiger charge is -2.01. The molecule has 1 aromatic carbocycles. The monoisotopic (exact) mass is 324 g/mol. The van der Waals surface area contributed by atoms with Crippen molar-refractivity contribution >= 4 is 11.3 Å². The van der Waals surface area contributed by atoms with Gasteiger partial charge in [0.2, 0.25) is 0 Å². The zero-order chi connectivity index (χ0) is 15.9. The molecule has 0 atom stereocenters. The number of hydrogen-bond donors (Lipinski definition) is 0. The van der Waals surface area contributed by atoms with Crippen molar-refractivity contribution in [2.24, 2.45) is 0 Å². The second kappa shape index (κ2) is 8.11. The predicted molar refractivity (Wildman–Crippen MR) is 99.7 cm³/mol. The number of aromatic nitrogens is 2. The Labute approximate surface area is 142 Å². The molecule has 2 aromatic heterocycles. The zero-order valence-electron chi connectivity index (χ0n) is 13.7. The molecule has 0 unspecified atom stereocenters. The van der Waals surface area contributed by atoms with Crippen LogP contribution < -0.4 is 0 Å². The van der Waals surface area contributed by atoms with Gasteiger partial charge >= 0.3 is 0 Å². The van der Waals surface area contributed by atoms with Crippen LogP contribution in [0.15, 0.2) is 54.0 Å². The number of hydrogen-bond acceptors (Lipinski definition) is 2. The maximum Gasteiger partial charge on any atom is 0.110 e. The lowest BCUT2D eigenvalue weighted by molar-refractivity contribution is 0.534. The lowest BCUT2D eigenvalue weighted by Crippen LogP contribution is -1.98. The fourth-order valence-electron chi connectivity index (χ4n) is 2.84. The van der Waals surface area contributed by atoms with Gasteiger partial charge in [0.15, 0.2) is 0 Å². The Kier molecular flexibility index (Phi) is 5.65. The summed E-state index contributed by atoms with van der Waals surface area (Å²) in [6, 6.07) is 14.8. The molecule has 3 rings (SSSR count). The molecular formula is C20H24N2S. The molecular weight excluding hydrogens is 300 g/mol. The van der Waals surface area contributed by atoms with Crippen molar-refractivity contribution in [3.63, 3.8) is 0 Å². The standard InChI is InChI=1S/C20H24N2S/c1-2-3-4-5-9-14-22-16-18(17-11-7-6-8-12-17)20(21-22)19-13-10-15-23-19/h6-8,10-13,15-16H,2-5,9,14H2,1H3. The van der Waals surface area contributed by atoms with Gasteiger partial charge in [-0.15, -0.1) is 11.3 Å². The summed E-state index contributed by atoms with van der Waals surface area (Å²) in [6.45, 7) is 3.27. The number of rotatable bonds is 8. The summed E-state index contributed by atoms with van der Waals surface area (Å²) in [5.41, 5.74) is 3.59. The molecule has 0 N–H and O–H groups in total. The maximum absolute atomic E-state index is 4.87. The van der Waals surface area contributed by atoms with Gasteiger partial charge in [-0.1, -0.05) is 69.0 Å². The summed E-state index contributed by atoms with van der Waals surface area (Å²) in [5.74, 6) is 0. The third kappa shape index (κ3) is 4.11. The molecule has 0 spiro atoms. The van der Waals surface area contributed by atoms with Crippen LogP contribution in [0.5, 0.6) is 0 Å². The predicted octanol–water partition coefficient (Wildman–Crippen LogP) is 6.25. The quantitative estimate of drug-likeness (QED) is 0.448. The number of benzene rings is 1. The van der Waals surface area contributed by atoms with Crippen LogP contribution in [0.3, 0.4) is 0 Å². The van der Waals surface area contributed by atoms with Gasteiger partial charge in [0.1, 0.15) is 5.69 Å². The van der Waals surface area contributed by atoms with E-state index < -0.39 is 0 Å². The molecule has 0 radical (unpaired) electrons. The highest BCUT2D eigenvalue weighted by atomic mass is 32.1. The van der Waals surface area contributed by atoms with E-state index >= 15 is 0 Å². The smallest absolute Gasteiger partial charge is 0.110 e. The average molecular weight is 324 g/mol. The fourth-order valence-corrected chi connectivity index (χ4v) is 3.56. The summed E-state index contributed by atoms with van der Waals surface area (Å²) in [7, 11) is 0. The molecule has 0 saturated heterocycles. The molecule has 0 bridgehead atoms. The summed E-state index contributed by atoms with van der Waals surface area (Å²) >= 11 is 1.76. The second-order valence-electron chi connectivity index (χ2n) is 5.91. The fraction of sp³-hybridized carbons (Fsp3) is 0.350. The van der Waals surface area contributed by atoms with E-state index in [1.54, 1.807) is 11.3 Å². The second-order valence-corrected chi connectivity index (χ2v) is 6.86. The maximum atomic E-state index is 4.87. The highest BCUT2D eigenvalue weighted by Crippen LogP contribution is 2.33. The van der Waals surface area contributed by atoms with Crippen molar-refractivity contribution in [1.29, 1.82) is 0 Å². The Balaban J connectivity index is 1.80. The van der Waals surface area contributed by atoms with E-state index in [0.29, 0.717) is 0 Å². The Hall–Kier alpha value is -1.87. The Morgan fingerprint density at radius 1 is 0.957 bits per heavy atom. The van der Waals surface area contributed by atoms with Gasteiger partial charge < -0.3 is 0 Å². The van der Waals surface area contributed by atoms with Gasteiger partial charge in [0.25, 0.3) is 0 Å².